The molecule has 0 aliphatic carbocycles. The van der Waals surface area contributed by atoms with Crippen molar-refractivity contribution in [3.05, 3.63) is 0 Å². The van der Waals surface area contributed by atoms with Crippen LogP contribution in [0.3, 0.4) is 0 Å². The Balaban J connectivity index is 3.31. The van der Waals surface area contributed by atoms with Gasteiger partial charge < -0.3 is 21.2 Å². The molecule has 0 aromatic rings. The van der Waals surface area contributed by atoms with Crippen molar-refractivity contribution in [1.82, 2.24) is 10.6 Å². The SMILES string of the molecule is CCCCCCCCCCCCCCCC(=O)NCCCC(=O)NCCCCC(N)C=O. The Morgan fingerprint density at radius 3 is 1.59 bits per heavy atom. The smallest absolute Gasteiger partial charge is 0.220 e. The monoisotopic (exact) mass is 453 g/mol. The van der Waals surface area contributed by atoms with E-state index in [2.05, 4.69) is 17.6 Å². The van der Waals surface area contributed by atoms with Crippen molar-refractivity contribution < 1.29 is 14.4 Å². The number of rotatable bonds is 24. The third kappa shape index (κ3) is 23.2. The lowest BCUT2D eigenvalue weighted by atomic mass is 10.0. The average Bonchev–Trinajstić information content (AvgIpc) is 2.79. The number of amides is 2. The topological polar surface area (TPSA) is 101 Å². The van der Waals surface area contributed by atoms with Gasteiger partial charge in [0.05, 0.1) is 6.04 Å². The number of hydrogen-bond donors (Lipinski definition) is 3. The van der Waals surface area contributed by atoms with E-state index >= 15 is 0 Å². The second-order valence-electron chi connectivity index (χ2n) is 9.09. The molecule has 0 fully saturated rings. The maximum atomic E-state index is 11.9. The molecule has 0 saturated carbocycles. The molecule has 1 atom stereocenters. The lowest BCUT2D eigenvalue weighted by Crippen LogP contribution is -2.28. The van der Waals surface area contributed by atoms with Gasteiger partial charge in [-0.05, 0) is 32.1 Å². The fourth-order valence-electron chi connectivity index (χ4n) is 3.76. The Hall–Kier alpha value is -1.43. The van der Waals surface area contributed by atoms with E-state index in [1.165, 1.54) is 70.6 Å². The summed E-state index contributed by atoms with van der Waals surface area (Å²) in [5, 5.41) is 5.77. The van der Waals surface area contributed by atoms with E-state index in [4.69, 9.17) is 5.73 Å². The summed E-state index contributed by atoms with van der Waals surface area (Å²) in [4.78, 5) is 34.0. The fourth-order valence-corrected chi connectivity index (χ4v) is 3.76. The first-order chi connectivity index (χ1) is 15.6. The van der Waals surface area contributed by atoms with Gasteiger partial charge in [0.25, 0.3) is 0 Å². The van der Waals surface area contributed by atoms with Gasteiger partial charge >= 0.3 is 0 Å². The second-order valence-corrected chi connectivity index (χ2v) is 9.09. The normalized spacial score (nSPS) is 11.8. The van der Waals surface area contributed by atoms with Crippen molar-refractivity contribution in [3.63, 3.8) is 0 Å². The molecular formula is C26H51N3O3. The number of hydrogen-bond acceptors (Lipinski definition) is 4. The summed E-state index contributed by atoms with van der Waals surface area (Å²) in [6.45, 7) is 3.42. The number of carbonyl (C=O) groups excluding carboxylic acids is 3. The van der Waals surface area contributed by atoms with Crippen molar-refractivity contribution in [2.24, 2.45) is 5.73 Å². The van der Waals surface area contributed by atoms with Crippen LogP contribution >= 0.6 is 0 Å². The third-order valence-corrected chi connectivity index (χ3v) is 5.87. The minimum atomic E-state index is -0.394. The van der Waals surface area contributed by atoms with Gasteiger partial charge in [-0.15, -0.1) is 0 Å². The molecule has 188 valence electrons. The van der Waals surface area contributed by atoms with Crippen LogP contribution in [-0.4, -0.2) is 37.2 Å². The highest BCUT2D eigenvalue weighted by Crippen LogP contribution is 2.12. The number of nitrogens with two attached hydrogens (primary N) is 1. The number of unbranched alkanes of at least 4 members (excludes halogenated alkanes) is 13. The predicted octanol–water partition coefficient (Wildman–Crippen LogP) is 5.18. The number of aldehydes is 1. The molecule has 1 unspecified atom stereocenters. The van der Waals surface area contributed by atoms with E-state index in [1.54, 1.807) is 0 Å². The van der Waals surface area contributed by atoms with E-state index in [-0.39, 0.29) is 11.8 Å². The molecule has 0 aliphatic heterocycles. The van der Waals surface area contributed by atoms with E-state index in [0.29, 0.717) is 38.8 Å². The summed E-state index contributed by atoms with van der Waals surface area (Å²) < 4.78 is 0. The van der Waals surface area contributed by atoms with Crippen LogP contribution < -0.4 is 16.4 Å². The Kier molecular flexibility index (Phi) is 23.1. The fraction of sp³-hybridized carbons (Fsp3) is 0.885. The highest BCUT2D eigenvalue weighted by Gasteiger charge is 2.04. The molecule has 0 radical (unpaired) electrons. The summed E-state index contributed by atoms with van der Waals surface area (Å²) in [5.41, 5.74) is 5.52. The molecule has 0 saturated heterocycles. The quantitative estimate of drug-likeness (QED) is 0.138. The Bertz CT molecular complexity index is 458. The minimum absolute atomic E-state index is 0.00966. The first kappa shape index (κ1) is 30.6. The first-order valence-corrected chi connectivity index (χ1v) is 13.3. The maximum absolute atomic E-state index is 11.9. The van der Waals surface area contributed by atoms with Crippen LogP contribution in [0.2, 0.25) is 0 Å². The van der Waals surface area contributed by atoms with E-state index < -0.39 is 6.04 Å². The third-order valence-electron chi connectivity index (χ3n) is 5.87. The molecular weight excluding hydrogens is 402 g/mol. The van der Waals surface area contributed by atoms with Gasteiger partial charge in [0.15, 0.2) is 0 Å². The van der Waals surface area contributed by atoms with E-state index in [1.807, 2.05) is 0 Å². The molecule has 2 amide bonds. The average molecular weight is 454 g/mol. The van der Waals surface area contributed by atoms with Crippen LogP contribution in [0.25, 0.3) is 0 Å². The van der Waals surface area contributed by atoms with Gasteiger partial charge in [0.2, 0.25) is 11.8 Å². The molecule has 4 N–H and O–H groups in total. The van der Waals surface area contributed by atoms with Crippen molar-refractivity contribution >= 4 is 18.1 Å². The largest absolute Gasteiger partial charge is 0.356 e. The van der Waals surface area contributed by atoms with Gasteiger partial charge in [0.1, 0.15) is 6.29 Å². The van der Waals surface area contributed by atoms with Gasteiger partial charge in [-0.3, -0.25) is 9.59 Å². The van der Waals surface area contributed by atoms with Crippen LogP contribution in [-0.2, 0) is 14.4 Å². The molecule has 0 rings (SSSR count). The summed E-state index contributed by atoms with van der Waals surface area (Å²) in [5.74, 6) is 0.107. The molecule has 6 heteroatoms. The van der Waals surface area contributed by atoms with Crippen molar-refractivity contribution in [3.8, 4) is 0 Å². The van der Waals surface area contributed by atoms with E-state index in [0.717, 1.165) is 32.0 Å². The Morgan fingerprint density at radius 2 is 1.09 bits per heavy atom. The first-order valence-electron chi connectivity index (χ1n) is 13.3. The molecule has 32 heavy (non-hydrogen) atoms. The summed E-state index contributed by atoms with van der Waals surface area (Å²) >= 11 is 0. The number of carbonyl (C=O) groups is 3. The zero-order chi connectivity index (χ0) is 23.7. The Labute approximate surface area is 197 Å². The van der Waals surface area contributed by atoms with Crippen molar-refractivity contribution in [2.75, 3.05) is 13.1 Å². The lowest BCUT2D eigenvalue weighted by Gasteiger charge is -2.07. The Morgan fingerprint density at radius 1 is 0.656 bits per heavy atom. The molecule has 0 bridgehead atoms. The maximum Gasteiger partial charge on any atom is 0.220 e. The van der Waals surface area contributed by atoms with Crippen LogP contribution in [0.4, 0.5) is 0 Å². The van der Waals surface area contributed by atoms with Crippen molar-refractivity contribution in [2.45, 2.75) is 135 Å². The second kappa shape index (κ2) is 24.2. The van der Waals surface area contributed by atoms with Gasteiger partial charge in [-0.1, -0.05) is 84.0 Å². The minimum Gasteiger partial charge on any atom is -0.356 e. The molecule has 0 aliphatic rings. The van der Waals surface area contributed by atoms with Gasteiger partial charge in [-0.2, -0.15) is 0 Å². The molecule has 0 heterocycles. The zero-order valence-corrected chi connectivity index (χ0v) is 20.8. The molecule has 0 aromatic heterocycles. The van der Waals surface area contributed by atoms with Gasteiger partial charge in [-0.25, -0.2) is 0 Å². The van der Waals surface area contributed by atoms with Crippen LogP contribution in [0.1, 0.15) is 129 Å². The zero-order valence-electron chi connectivity index (χ0n) is 20.8. The summed E-state index contributed by atoms with van der Waals surface area (Å²) in [7, 11) is 0. The van der Waals surface area contributed by atoms with Crippen molar-refractivity contribution in [1.29, 1.82) is 0 Å². The highest BCUT2D eigenvalue weighted by atomic mass is 16.2. The van der Waals surface area contributed by atoms with E-state index in [9.17, 15) is 14.4 Å². The van der Waals surface area contributed by atoms with Crippen LogP contribution in [0.5, 0.6) is 0 Å². The molecule has 6 nitrogen and oxygen atoms in total. The highest BCUT2D eigenvalue weighted by molar-refractivity contribution is 5.77. The van der Waals surface area contributed by atoms with Gasteiger partial charge in [0, 0.05) is 25.9 Å². The summed E-state index contributed by atoms with van der Waals surface area (Å²) in [6, 6.07) is -0.394. The van der Waals surface area contributed by atoms with Crippen LogP contribution in [0, 0.1) is 0 Å². The molecule has 0 aromatic carbocycles. The number of nitrogens with one attached hydrogen (secondary N) is 2. The molecule has 0 spiro atoms. The summed E-state index contributed by atoms with van der Waals surface area (Å²) in [6.07, 6.45) is 21.7. The van der Waals surface area contributed by atoms with Crippen LogP contribution in [0.15, 0.2) is 0 Å². The lowest BCUT2D eigenvalue weighted by molar-refractivity contribution is -0.123. The predicted molar refractivity (Wildman–Crippen MR) is 133 cm³/mol. The standard InChI is InChI=1S/C26H51N3O3/c1-2-3-4-5-6-7-8-9-10-11-12-13-14-19-25(31)29-22-17-20-26(32)28-21-16-15-18-24(27)23-30/h23-24H,2-22,27H2,1H3,(H,28,32)(H,29,31).